The van der Waals surface area contributed by atoms with Gasteiger partial charge in [-0.05, 0) is 35.9 Å². The normalized spacial score (nSPS) is 10.4. The number of nitro groups is 1. The van der Waals surface area contributed by atoms with Gasteiger partial charge in [0.2, 0.25) is 0 Å². The van der Waals surface area contributed by atoms with Gasteiger partial charge in [0.05, 0.1) is 23.6 Å². The van der Waals surface area contributed by atoms with Crippen molar-refractivity contribution in [2.24, 2.45) is 0 Å². The highest BCUT2D eigenvalue weighted by atomic mass is 16.6. The van der Waals surface area contributed by atoms with Crippen LogP contribution in [0.5, 0.6) is 5.75 Å². The number of urea groups is 1. The van der Waals surface area contributed by atoms with Crippen molar-refractivity contribution >= 4 is 23.1 Å². The molecule has 166 valence electrons. The summed E-state index contributed by atoms with van der Waals surface area (Å²) >= 11 is 0. The standard InChI is InChI=1S/C24H21N5O4/c30-24(28-20-6-2-3-7-22(20)29(31)32)27-18-11-9-17(10-12-18)13-14-33-23-8-4-1-5-19(23)21-15-25-16-26-21/h1-12,15-16H,13-14H2,(H,25,26)(H2,27,28,30). The maximum absolute atomic E-state index is 12.2. The van der Waals surface area contributed by atoms with Crippen LogP contribution in [-0.4, -0.2) is 27.5 Å². The third kappa shape index (κ3) is 5.53. The lowest BCUT2D eigenvalue weighted by Gasteiger charge is -2.11. The summed E-state index contributed by atoms with van der Waals surface area (Å²) in [5, 5.41) is 16.3. The maximum atomic E-state index is 12.2. The molecule has 0 unspecified atom stereocenters. The predicted molar refractivity (Wildman–Crippen MR) is 125 cm³/mol. The molecular formula is C24H21N5O4. The fourth-order valence-electron chi connectivity index (χ4n) is 3.27. The minimum absolute atomic E-state index is 0.129. The molecule has 3 N–H and O–H groups in total. The number of nitrogens with zero attached hydrogens (tertiary/aromatic N) is 2. The number of rotatable bonds is 8. The number of hydrogen-bond donors (Lipinski definition) is 3. The SMILES string of the molecule is O=C(Nc1ccc(CCOc2ccccc2-c2c[nH]cn2)cc1)Nc1ccccc1[N+](=O)[O-]. The van der Waals surface area contributed by atoms with Crippen LogP contribution in [0.15, 0.2) is 85.3 Å². The van der Waals surface area contributed by atoms with Crippen molar-refractivity contribution in [2.75, 3.05) is 17.2 Å². The number of aromatic amines is 1. The van der Waals surface area contributed by atoms with Crippen LogP contribution in [0.3, 0.4) is 0 Å². The van der Waals surface area contributed by atoms with E-state index in [-0.39, 0.29) is 11.4 Å². The Morgan fingerprint density at radius 2 is 1.76 bits per heavy atom. The first-order valence-electron chi connectivity index (χ1n) is 10.2. The van der Waals surface area contributed by atoms with Gasteiger partial charge >= 0.3 is 6.03 Å². The van der Waals surface area contributed by atoms with E-state index in [1.807, 2.05) is 42.6 Å². The number of anilines is 2. The number of nitrogens with one attached hydrogen (secondary N) is 3. The second-order valence-electron chi connectivity index (χ2n) is 7.10. The Bertz CT molecular complexity index is 1240. The van der Waals surface area contributed by atoms with Crippen molar-refractivity contribution < 1.29 is 14.5 Å². The first kappa shape index (κ1) is 21.6. The number of H-pyrrole nitrogens is 1. The van der Waals surface area contributed by atoms with Gasteiger partial charge in [-0.25, -0.2) is 9.78 Å². The van der Waals surface area contributed by atoms with Crippen molar-refractivity contribution in [1.82, 2.24) is 9.97 Å². The predicted octanol–water partition coefficient (Wildman–Crippen LogP) is 5.25. The highest BCUT2D eigenvalue weighted by molar-refractivity contribution is 6.01. The summed E-state index contributed by atoms with van der Waals surface area (Å²) in [6, 6.07) is 20.5. The monoisotopic (exact) mass is 443 g/mol. The highest BCUT2D eigenvalue weighted by Gasteiger charge is 2.14. The molecule has 3 aromatic carbocycles. The molecule has 9 heteroatoms. The van der Waals surface area contributed by atoms with Crippen molar-refractivity contribution in [2.45, 2.75) is 6.42 Å². The molecule has 0 atom stereocenters. The number of ether oxygens (including phenoxy) is 1. The molecule has 0 fully saturated rings. The van der Waals surface area contributed by atoms with Crippen LogP contribution >= 0.6 is 0 Å². The number of amides is 2. The van der Waals surface area contributed by atoms with Gasteiger partial charge in [-0.15, -0.1) is 0 Å². The lowest BCUT2D eigenvalue weighted by atomic mass is 10.1. The molecule has 0 radical (unpaired) electrons. The minimum atomic E-state index is -0.560. The van der Waals surface area contributed by atoms with Crippen molar-refractivity contribution in [1.29, 1.82) is 0 Å². The molecule has 1 aromatic heterocycles. The molecule has 0 bridgehead atoms. The largest absolute Gasteiger partial charge is 0.493 e. The van der Waals surface area contributed by atoms with E-state index in [2.05, 4.69) is 20.6 Å². The van der Waals surface area contributed by atoms with E-state index in [1.54, 1.807) is 30.6 Å². The lowest BCUT2D eigenvalue weighted by Crippen LogP contribution is -2.20. The number of nitro benzene ring substituents is 1. The van der Waals surface area contributed by atoms with Gasteiger partial charge in [0.15, 0.2) is 0 Å². The smallest absolute Gasteiger partial charge is 0.323 e. The molecule has 1 heterocycles. The fourth-order valence-corrected chi connectivity index (χ4v) is 3.27. The van der Waals surface area contributed by atoms with Crippen molar-refractivity contribution in [3.63, 3.8) is 0 Å². The third-order valence-corrected chi connectivity index (χ3v) is 4.87. The molecule has 4 rings (SSSR count). The molecule has 9 nitrogen and oxygen atoms in total. The van der Waals surface area contributed by atoms with E-state index in [9.17, 15) is 14.9 Å². The summed E-state index contributed by atoms with van der Waals surface area (Å²) in [5.41, 5.74) is 3.31. The highest BCUT2D eigenvalue weighted by Crippen LogP contribution is 2.28. The number of hydrogen-bond acceptors (Lipinski definition) is 5. The Labute approximate surface area is 189 Å². The van der Waals surface area contributed by atoms with Crippen LogP contribution in [0.4, 0.5) is 21.9 Å². The van der Waals surface area contributed by atoms with E-state index in [4.69, 9.17) is 4.74 Å². The number of benzene rings is 3. The maximum Gasteiger partial charge on any atom is 0.323 e. The summed E-state index contributed by atoms with van der Waals surface area (Å²) in [6.07, 6.45) is 4.13. The van der Waals surface area contributed by atoms with Crippen LogP contribution in [0.1, 0.15) is 5.56 Å². The molecule has 0 saturated heterocycles. The molecule has 4 aromatic rings. The van der Waals surface area contributed by atoms with Gasteiger partial charge in [-0.2, -0.15) is 0 Å². The first-order valence-corrected chi connectivity index (χ1v) is 10.2. The van der Waals surface area contributed by atoms with Gasteiger partial charge in [-0.1, -0.05) is 36.4 Å². The zero-order chi connectivity index (χ0) is 23.0. The second kappa shape index (κ2) is 10.1. The molecule has 0 aliphatic rings. The summed E-state index contributed by atoms with van der Waals surface area (Å²) in [4.78, 5) is 30.0. The van der Waals surface area contributed by atoms with Gasteiger partial charge in [0, 0.05) is 29.9 Å². The van der Waals surface area contributed by atoms with Crippen LogP contribution in [0.25, 0.3) is 11.3 Å². The molecular weight excluding hydrogens is 422 g/mol. The average Bonchev–Trinajstić information content (AvgIpc) is 3.35. The van der Waals surface area contributed by atoms with Gasteiger partial charge in [0.1, 0.15) is 11.4 Å². The molecule has 0 saturated carbocycles. The van der Waals surface area contributed by atoms with Crippen LogP contribution in [0, 0.1) is 10.1 Å². The molecule has 0 spiro atoms. The van der Waals surface area contributed by atoms with Gasteiger partial charge in [-0.3, -0.25) is 10.1 Å². The Morgan fingerprint density at radius 1 is 1.00 bits per heavy atom. The first-order chi connectivity index (χ1) is 16.1. The van der Waals surface area contributed by atoms with E-state index in [0.717, 1.165) is 22.6 Å². The van der Waals surface area contributed by atoms with E-state index in [0.29, 0.717) is 18.7 Å². The number of para-hydroxylation sites is 3. The van der Waals surface area contributed by atoms with Crippen LogP contribution in [-0.2, 0) is 6.42 Å². The zero-order valence-electron chi connectivity index (χ0n) is 17.5. The van der Waals surface area contributed by atoms with Gasteiger partial charge < -0.3 is 20.4 Å². The number of carbonyl (C=O) groups excluding carboxylic acids is 1. The van der Waals surface area contributed by atoms with E-state index in [1.165, 1.54) is 12.1 Å². The Balaban J connectivity index is 1.31. The molecule has 0 aliphatic heterocycles. The number of aromatic nitrogens is 2. The van der Waals surface area contributed by atoms with Crippen LogP contribution < -0.4 is 15.4 Å². The van der Waals surface area contributed by atoms with Crippen LogP contribution in [0.2, 0.25) is 0 Å². The summed E-state index contributed by atoms with van der Waals surface area (Å²) < 4.78 is 5.97. The van der Waals surface area contributed by atoms with Gasteiger partial charge in [0.25, 0.3) is 5.69 Å². The summed E-state index contributed by atoms with van der Waals surface area (Å²) in [5.74, 6) is 0.759. The quantitative estimate of drug-likeness (QED) is 0.254. The van der Waals surface area contributed by atoms with Crippen molar-refractivity contribution in [3.8, 4) is 17.0 Å². The zero-order valence-corrected chi connectivity index (χ0v) is 17.5. The average molecular weight is 443 g/mol. The Morgan fingerprint density at radius 3 is 2.52 bits per heavy atom. The van der Waals surface area contributed by atoms with E-state index >= 15 is 0 Å². The molecule has 2 amide bonds. The minimum Gasteiger partial charge on any atom is -0.493 e. The fraction of sp³-hybridized carbons (Fsp3) is 0.0833. The lowest BCUT2D eigenvalue weighted by molar-refractivity contribution is -0.383. The Kier molecular flexibility index (Phi) is 6.60. The van der Waals surface area contributed by atoms with Crippen molar-refractivity contribution in [3.05, 3.63) is 101 Å². The summed E-state index contributed by atoms with van der Waals surface area (Å²) in [7, 11) is 0. The molecule has 0 aliphatic carbocycles. The third-order valence-electron chi connectivity index (χ3n) is 4.87. The molecule has 33 heavy (non-hydrogen) atoms. The summed E-state index contributed by atoms with van der Waals surface area (Å²) in [6.45, 7) is 0.479. The number of imidazole rings is 1. The second-order valence-corrected chi connectivity index (χ2v) is 7.10. The number of carbonyl (C=O) groups is 1. The Hall–Kier alpha value is -4.66. The topological polar surface area (TPSA) is 122 Å². The van der Waals surface area contributed by atoms with E-state index < -0.39 is 11.0 Å².